The minimum atomic E-state index is -0.521. The number of rotatable bonds is 4. The van der Waals surface area contributed by atoms with Gasteiger partial charge in [-0.15, -0.1) is 0 Å². The van der Waals surface area contributed by atoms with Gasteiger partial charge in [0, 0.05) is 37.8 Å². The highest BCUT2D eigenvalue weighted by molar-refractivity contribution is 6.33. The maximum Gasteiger partial charge on any atom is 0.293 e. The molecule has 0 aromatic heterocycles. The van der Waals surface area contributed by atoms with Crippen LogP contribution in [0, 0.1) is 15.9 Å². The van der Waals surface area contributed by atoms with Gasteiger partial charge in [-0.25, -0.2) is 4.39 Å². The molecule has 0 bridgehead atoms. The van der Waals surface area contributed by atoms with E-state index in [9.17, 15) is 24.1 Å². The number of benzene rings is 2. The molecule has 0 saturated carbocycles. The first-order chi connectivity index (χ1) is 13.3. The molecule has 0 N–H and O–H groups in total. The van der Waals surface area contributed by atoms with Crippen LogP contribution in [0.3, 0.4) is 0 Å². The number of nitro groups is 1. The van der Waals surface area contributed by atoms with Crippen molar-refractivity contribution in [1.82, 2.24) is 4.90 Å². The number of halogens is 2. The molecule has 0 atom stereocenters. The lowest BCUT2D eigenvalue weighted by molar-refractivity contribution is -0.384. The average Bonchev–Trinajstić information content (AvgIpc) is 2.67. The number of carbonyl (C=O) groups is 2. The maximum absolute atomic E-state index is 13.2. The van der Waals surface area contributed by atoms with Crippen molar-refractivity contribution in [2.75, 3.05) is 31.1 Å². The summed E-state index contributed by atoms with van der Waals surface area (Å²) in [5.41, 5.74) is 0.750. The van der Waals surface area contributed by atoms with E-state index in [4.69, 9.17) is 11.6 Å². The van der Waals surface area contributed by atoms with E-state index in [1.54, 1.807) is 21.9 Å². The Morgan fingerprint density at radius 3 is 2.36 bits per heavy atom. The number of anilines is 1. The van der Waals surface area contributed by atoms with E-state index in [0.29, 0.717) is 31.9 Å². The summed E-state index contributed by atoms with van der Waals surface area (Å²) in [6, 6.07) is 8.00. The van der Waals surface area contributed by atoms with Crippen LogP contribution in [0.15, 0.2) is 36.4 Å². The van der Waals surface area contributed by atoms with Crippen LogP contribution in [0.2, 0.25) is 5.02 Å². The van der Waals surface area contributed by atoms with Gasteiger partial charge in [0.05, 0.1) is 15.5 Å². The van der Waals surface area contributed by atoms with Crippen molar-refractivity contribution in [3.8, 4) is 0 Å². The third-order valence-corrected chi connectivity index (χ3v) is 4.96. The van der Waals surface area contributed by atoms with Gasteiger partial charge < -0.3 is 9.80 Å². The second-order valence-electron chi connectivity index (χ2n) is 6.42. The van der Waals surface area contributed by atoms with Crippen LogP contribution in [0.5, 0.6) is 0 Å². The number of hydrogen-bond acceptors (Lipinski definition) is 5. The molecule has 0 spiro atoms. The first-order valence-corrected chi connectivity index (χ1v) is 8.94. The second-order valence-corrected chi connectivity index (χ2v) is 6.83. The molecule has 0 unspecified atom stereocenters. The van der Waals surface area contributed by atoms with Crippen LogP contribution in [0.1, 0.15) is 27.6 Å². The molecule has 2 aromatic carbocycles. The highest BCUT2D eigenvalue weighted by Crippen LogP contribution is 2.30. The standard InChI is InChI=1S/C19H17ClFN3O4/c1-12(25)13-2-5-17(18(10-13)24(27)28)22-6-8-23(9-7-22)19(26)15-4-3-14(21)11-16(15)20/h2-5,10-11H,6-9H2,1H3. The van der Waals surface area contributed by atoms with Gasteiger partial charge in [0.25, 0.3) is 11.6 Å². The zero-order chi connectivity index (χ0) is 20.4. The summed E-state index contributed by atoms with van der Waals surface area (Å²) < 4.78 is 13.2. The van der Waals surface area contributed by atoms with Crippen molar-refractivity contribution >= 4 is 34.7 Å². The maximum atomic E-state index is 13.2. The Hall–Kier alpha value is -3.00. The Kier molecular flexibility index (Phi) is 5.60. The molecule has 3 rings (SSSR count). The highest BCUT2D eigenvalue weighted by atomic mass is 35.5. The van der Waals surface area contributed by atoms with Crippen molar-refractivity contribution in [3.05, 3.63) is 68.5 Å². The lowest BCUT2D eigenvalue weighted by Gasteiger charge is -2.36. The molecule has 28 heavy (non-hydrogen) atoms. The predicted octanol–water partition coefficient (Wildman–Crippen LogP) is 3.55. The summed E-state index contributed by atoms with van der Waals surface area (Å²) in [6.45, 7) is 2.77. The van der Waals surface area contributed by atoms with E-state index in [0.717, 1.165) is 6.07 Å². The fourth-order valence-electron chi connectivity index (χ4n) is 3.14. The van der Waals surface area contributed by atoms with Gasteiger partial charge in [0.2, 0.25) is 0 Å². The Morgan fingerprint density at radius 2 is 1.79 bits per heavy atom. The first kappa shape index (κ1) is 19.8. The normalized spacial score (nSPS) is 14.1. The summed E-state index contributed by atoms with van der Waals surface area (Å²) >= 11 is 5.96. The Balaban J connectivity index is 1.76. The van der Waals surface area contributed by atoms with E-state index in [-0.39, 0.29) is 33.5 Å². The summed E-state index contributed by atoms with van der Waals surface area (Å²) in [7, 11) is 0. The van der Waals surface area contributed by atoms with E-state index in [1.807, 2.05) is 0 Å². The molecule has 1 aliphatic rings. The molecular weight excluding hydrogens is 389 g/mol. The highest BCUT2D eigenvalue weighted by Gasteiger charge is 2.27. The van der Waals surface area contributed by atoms with E-state index in [1.165, 1.54) is 25.1 Å². The number of ketones is 1. The fourth-order valence-corrected chi connectivity index (χ4v) is 3.39. The third kappa shape index (κ3) is 3.96. The summed E-state index contributed by atoms with van der Waals surface area (Å²) in [4.78, 5) is 38.4. The SMILES string of the molecule is CC(=O)c1ccc(N2CCN(C(=O)c3ccc(F)cc3Cl)CC2)c([N+](=O)[O-])c1. The molecule has 7 nitrogen and oxygen atoms in total. The molecule has 1 heterocycles. The van der Waals surface area contributed by atoms with Crippen LogP contribution in [0.25, 0.3) is 0 Å². The van der Waals surface area contributed by atoms with Crippen molar-refractivity contribution < 1.29 is 18.9 Å². The predicted molar refractivity (Wildman–Crippen MR) is 103 cm³/mol. The minimum Gasteiger partial charge on any atom is -0.362 e. The molecular formula is C19H17ClFN3O4. The Bertz CT molecular complexity index is 958. The quantitative estimate of drug-likeness (QED) is 0.441. The van der Waals surface area contributed by atoms with Crippen LogP contribution < -0.4 is 4.90 Å². The lowest BCUT2D eigenvalue weighted by Crippen LogP contribution is -2.49. The number of hydrogen-bond donors (Lipinski definition) is 0. The molecule has 0 aliphatic carbocycles. The molecule has 146 valence electrons. The van der Waals surface area contributed by atoms with Gasteiger partial charge in [-0.1, -0.05) is 11.6 Å². The van der Waals surface area contributed by atoms with Gasteiger partial charge in [0.15, 0.2) is 5.78 Å². The molecule has 1 aliphatic heterocycles. The van der Waals surface area contributed by atoms with Crippen LogP contribution in [0.4, 0.5) is 15.8 Å². The smallest absolute Gasteiger partial charge is 0.293 e. The van der Waals surface area contributed by atoms with Crippen LogP contribution in [-0.4, -0.2) is 47.7 Å². The van der Waals surface area contributed by atoms with Crippen molar-refractivity contribution in [1.29, 1.82) is 0 Å². The number of nitro benzene ring substituents is 1. The van der Waals surface area contributed by atoms with Gasteiger partial charge in [-0.05, 0) is 37.3 Å². The summed E-state index contributed by atoms with van der Waals surface area (Å²) in [5.74, 6) is -1.08. The topological polar surface area (TPSA) is 83.8 Å². The number of nitrogens with zero attached hydrogens (tertiary/aromatic N) is 3. The van der Waals surface area contributed by atoms with Crippen molar-refractivity contribution in [3.63, 3.8) is 0 Å². The molecule has 1 saturated heterocycles. The van der Waals surface area contributed by atoms with E-state index >= 15 is 0 Å². The fraction of sp³-hybridized carbons (Fsp3) is 0.263. The minimum absolute atomic E-state index is 0.0443. The molecule has 9 heteroatoms. The van der Waals surface area contributed by atoms with E-state index in [2.05, 4.69) is 0 Å². The van der Waals surface area contributed by atoms with Gasteiger partial charge in [-0.3, -0.25) is 19.7 Å². The van der Waals surface area contributed by atoms with Crippen LogP contribution >= 0.6 is 11.6 Å². The average molecular weight is 406 g/mol. The van der Waals surface area contributed by atoms with Gasteiger partial charge in [0.1, 0.15) is 11.5 Å². The third-order valence-electron chi connectivity index (χ3n) is 4.65. The lowest BCUT2D eigenvalue weighted by atomic mass is 10.1. The summed E-state index contributed by atoms with van der Waals surface area (Å²) in [6.07, 6.45) is 0. The number of amides is 1. The molecule has 0 radical (unpaired) electrons. The zero-order valence-electron chi connectivity index (χ0n) is 15.0. The largest absolute Gasteiger partial charge is 0.362 e. The Labute approximate surface area is 165 Å². The second kappa shape index (κ2) is 7.93. The number of Topliss-reactive ketones (excluding diaryl/α,β-unsaturated/α-hetero) is 1. The van der Waals surface area contributed by atoms with Crippen molar-refractivity contribution in [2.45, 2.75) is 6.92 Å². The monoisotopic (exact) mass is 405 g/mol. The number of carbonyl (C=O) groups excluding carboxylic acids is 2. The van der Waals surface area contributed by atoms with Gasteiger partial charge in [-0.2, -0.15) is 0 Å². The Morgan fingerprint density at radius 1 is 1.11 bits per heavy atom. The van der Waals surface area contributed by atoms with E-state index < -0.39 is 10.7 Å². The van der Waals surface area contributed by atoms with Gasteiger partial charge >= 0.3 is 0 Å². The molecule has 2 aromatic rings. The van der Waals surface area contributed by atoms with Crippen LogP contribution in [-0.2, 0) is 0 Å². The first-order valence-electron chi connectivity index (χ1n) is 8.56. The molecule has 1 amide bonds. The number of piperazine rings is 1. The zero-order valence-corrected chi connectivity index (χ0v) is 15.8. The van der Waals surface area contributed by atoms with Crippen molar-refractivity contribution in [2.24, 2.45) is 0 Å². The summed E-state index contributed by atoms with van der Waals surface area (Å²) in [5, 5.41) is 11.5. The molecule has 1 fully saturated rings.